The van der Waals surface area contributed by atoms with Crippen molar-refractivity contribution >= 4 is 22.6 Å². The highest BCUT2D eigenvalue weighted by atomic mass is 16.6. The minimum absolute atomic E-state index is 0.00179. The number of aromatic nitrogens is 2. The van der Waals surface area contributed by atoms with Crippen LogP contribution in [0.4, 0.5) is 5.69 Å². The molecule has 1 aromatic carbocycles. The van der Waals surface area contributed by atoms with Crippen LogP contribution in [0.25, 0.3) is 22.0 Å². The molecule has 0 saturated carbocycles. The van der Waals surface area contributed by atoms with Crippen LogP contribution in [-0.2, 0) is 11.2 Å². The van der Waals surface area contributed by atoms with Crippen LogP contribution in [0.15, 0.2) is 36.7 Å². The molecule has 1 unspecified atom stereocenters. The molecule has 8 nitrogen and oxygen atoms in total. The van der Waals surface area contributed by atoms with E-state index < -0.39 is 16.9 Å². The topological polar surface area (TPSA) is 135 Å². The fourth-order valence-corrected chi connectivity index (χ4v) is 2.98. The number of fused-ring (bicyclic) bond motifs is 1. The second-order valence-corrected chi connectivity index (χ2v) is 5.75. The summed E-state index contributed by atoms with van der Waals surface area (Å²) in [5, 5.41) is 21.3. The van der Waals surface area contributed by atoms with E-state index in [1.165, 1.54) is 0 Å². The molecule has 128 valence electrons. The molecule has 3 rings (SSSR count). The quantitative estimate of drug-likeness (QED) is 0.482. The Labute approximate surface area is 142 Å². The van der Waals surface area contributed by atoms with Gasteiger partial charge >= 0.3 is 5.97 Å². The Kier molecular flexibility index (Phi) is 4.20. The van der Waals surface area contributed by atoms with Crippen molar-refractivity contribution in [2.75, 3.05) is 0 Å². The number of carboxylic acids is 1. The van der Waals surface area contributed by atoms with E-state index in [-0.39, 0.29) is 12.1 Å². The lowest BCUT2D eigenvalue weighted by Crippen LogP contribution is -2.32. The highest BCUT2D eigenvalue weighted by molar-refractivity contribution is 6.00. The summed E-state index contributed by atoms with van der Waals surface area (Å²) in [6.45, 7) is 1.75. The van der Waals surface area contributed by atoms with E-state index in [2.05, 4.69) is 9.97 Å². The number of hydrogen-bond donors (Lipinski definition) is 3. The lowest BCUT2D eigenvalue weighted by Gasteiger charge is -2.09. The van der Waals surface area contributed by atoms with E-state index in [4.69, 9.17) is 10.8 Å². The van der Waals surface area contributed by atoms with E-state index in [9.17, 15) is 14.9 Å². The lowest BCUT2D eigenvalue weighted by atomic mass is 9.97. The second kappa shape index (κ2) is 6.33. The van der Waals surface area contributed by atoms with Crippen molar-refractivity contribution in [1.29, 1.82) is 0 Å². The number of aromatic amines is 1. The SMILES string of the molecule is Cc1[nH]c2ccc(-c3ccncc3)c([N+](=O)[O-])c2c1CC(N)C(=O)O. The largest absolute Gasteiger partial charge is 0.480 e. The highest BCUT2D eigenvalue weighted by Crippen LogP contribution is 2.39. The number of rotatable bonds is 5. The Bertz CT molecular complexity index is 966. The first kappa shape index (κ1) is 16.6. The molecule has 0 saturated heterocycles. The molecule has 0 radical (unpaired) electrons. The third-order valence-electron chi connectivity index (χ3n) is 4.17. The van der Waals surface area contributed by atoms with Gasteiger partial charge in [-0.1, -0.05) is 0 Å². The fraction of sp³-hybridized carbons (Fsp3) is 0.176. The number of pyridine rings is 1. The molecule has 0 amide bonds. The normalized spacial score (nSPS) is 12.2. The number of carbonyl (C=O) groups is 1. The predicted molar refractivity (Wildman–Crippen MR) is 92.2 cm³/mol. The predicted octanol–water partition coefficient (Wildman–Crippen LogP) is 2.40. The summed E-state index contributed by atoms with van der Waals surface area (Å²) in [7, 11) is 0. The number of nitrogens with zero attached hydrogens (tertiary/aromatic N) is 2. The van der Waals surface area contributed by atoms with Crippen molar-refractivity contribution < 1.29 is 14.8 Å². The molecule has 0 spiro atoms. The molecule has 2 heterocycles. The Morgan fingerprint density at radius 3 is 2.64 bits per heavy atom. The average molecular weight is 340 g/mol. The summed E-state index contributed by atoms with van der Waals surface area (Å²) < 4.78 is 0. The van der Waals surface area contributed by atoms with Crippen molar-refractivity contribution in [1.82, 2.24) is 9.97 Å². The zero-order valence-electron chi connectivity index (χ0n) is 13.4. The maximum Gasteiger partial charge on any atom is 0.320 e. The van der Waals surface area contributed by atoms with Gasteiger partial charge in [0.1, 0.15) is 6.04 Å². The van der Waals surface area contributed by atoms with E-state index >= 15 is 0 Å². The van der Waals surface area contributed by atoms with Gasteiger partial charge in [-0.05, 0) is 42.3 Å². The first-order valence-corrected chi connectivity index (χ1v) is 7.57. The van der Waals surface area contributed by atoms with Crippen LogP contribution in [0.3, 0.4) is 0 Å². The highest BCUT2D eigenvalue weighted by Gasteiger charge is 2.26. The Morgan fingerprint density at radius 2 is 2.04 bits per heavy atom. The maximum atomic E-state index is 11.8. The first-order chi connectivity index (χ1) is 11.9. The number of nitrogens with two attached hydrogens (primary N) is 1. The molecular weight excluding hydrogens is 324 g/mol. The third-order valence-corrected chi connectivity index (χ3v) is 4.17. The van der Waals surface area contributed by atoms with Crippen LogP contribution in [0, 0.1) is 17.0 Å². The summed E-state index contributed by atoms with van der Waals surface area (Å²) in [4.78, 5) is 29.5. The van der Waals surface area contributed by atoms with Crippen LogP contribution < -0.4 is 5.73 Å². The standard InChI is InChI=1S/C17H16N4O4/c1-9-12(8-13(18)17(22)23)15-14(20-9)3-2-11(16(15)21(24)25)10-4-6-19-7-5-10/h2-7,13,20H,8,18H2,1H3,(H,22,23). The molecule has 4 N–H and O–H groups in total. The number of hydrogen-bond acceptors (Lipinski definition) is 5. The zero-order valence-corrected chi connectivity index (χ0v) is 13.4. The summed E-state index contributed by atoms with van der Waals surface area (Å²) in [6, 6.07) is 5.67. The van der Waals surface area contributed by atoms with Crippen LogP contribution in [0.5, 0.6) is 0 Å². The maximum absolute atomic E-state index is 11.8. The van der Waals surface area contributed by atoms with Crippen LogP contribution in [0.1, 0.15) is 11.3 Å². The molecule has 0 aliphatic heterocycles. The molecule has 0 aliphatic rings. The third kappa shape index (κ3) is 2.94. The summed E-state index contributed by atoms with van der Waals surface area (Å²) in [6.07, 6.45) is 3.13. The summed E-state index contributed by atoms with van der Waals surface area (Å²) >= 11 is 0. The molecule has 2 aromatic heterocycles. The molecular formula is C17H16N4O4. The van der Waals surface area contributed by atoms with Crippen LogP contribution >= 0.6 is 0 Å². The number of carboxylic acid groups (broad SMARTS) is 1. The van der Waals surface area contributed by atoms with E-state index in [1.807, 2.05) is 0 Å². The minimum atomic E-state index is -1.15. The minimum Gasteiger partial charge on any atom is -0.480 e. The number of H-pyrrole nitrogens is 1. The van der Waals surface area contributed by atoms with Crippen molar-refractivity contribution in [2.45, 2.75) is 19.4 Å². The van der Waals surface area contributed by atoms with Gasteiger partial charge in [-0.25, -0.2) is 0 Å². The van der Waals surface area contributed by atoms with Crippen molar-refractivity contribution in [3.63, 3.8) is 0 Å². The van der Waals surface area contributed by atoms with Gasteiger partial charge in [-0.15, -0.1) is 0 Å². The Hall–Kier alpha value is -3.26. The van der Waals surface area contributed by atoms with Gasteiger partial charge < -0.3 is 15.8 Å². The number of nitro groups is 1. The Balaban J connectivity index is 2.30. The van der Waals surface area contributed by atoms with Gasteiger partial charge in [0.2, 0.25) is 0 Å². The van der Waals surface area contributed by atoms with Gasteiger partial charge in [0.25, 0.3) is 5.69 Å². The molecule has 8 heteroatoms. The van der Waals surface area contributed by atoms with Crippen LogP contribution in [-0.4, -0.2) is 32.0 Å². The summed E-state index contributed by atoms with van der Waals surface area (Å²) in [5.41, 5.74) is 8.49. The van der Waals surface area contributed by atoms with Gasteiger partial charge in [-0.3, -0.25) is 19.9 Å². The Morgan fingerprint density at radius 1 is 1.36 bits per heavy atom. The number of benzene rings is 1. The lowest BCUT2D eigenvalue weighted by molar-refractivity contribution is -0.382. The van der Waals surface area contributed by atoms with Gasteiger partial charge in [0, 0.05) is 24.5 Å². The second-order valence-electron chi connectivity index (χ2n) is 5.75. The monoisotopic (exact) mass is 340 g/mol. The molecule has 0 bridgehead atoms. The fourth-order valence-electron chi connectivity index (χ4n) is 2.98. The van der Waals surface area contributed by atoms with Crippen molar-refractivity contribution in [3.8, 4) is 11.1 Å². The zero-order chi connectivity index (χ0) is 18.1. The number of aryl methyl sites for hydroxylation is 1. The number of nitrogens with one attached hydrogen (secondary N) is 1. The van der Waals surface area contributed by atoms with Crippen molar-refractivity contribution in [3.05, 3.63) is 58.0 Å². The smallest absolute Gasteiger partial charge is 0.320 e. The van der Waals surface area contributed by atoms with Crippen molar-refractivity contribution in [2.24, 2.45) is 5.73 Å². The molecule has 25 heavy (non-hydrogen) atoms. The molecule has 1 atom stereocenters. The number of aliphatic carboxylic acids is 1. The average Bonchev–Trinajstić information content (AvgIpc) is 2.90. The molecule has 0 aliphatic carbocycles. The van der Waals surface area contributed by atoms with Crippen LogP contribution in [0.2, 0.25) is 0 Å². The molecule has 3 aromatic rings. The van der Waals surface area contributed by atoms with E-state index in [0.29, 0.717) is 33.3 Å². The van der Waals surface area contributed by atoms with Gasteiger partial charge in [0.05, 0.1) is 21.4 Å². The number of nitro benzene ring substituents is 1. The van der Waals surface area contributed by atoms with E-state index in [1.54, 1.807) is 43.6 Å². The molecule has 0 fully saturated rings. The summed E-state index contributed by atoms with van der Waals surface area (Å²) in [5.74, 6) is -1.15. The van der Waals surface area contributed by atoms with Gasteiger partial charge in [-0.2, -0.15) is 0 Å². The first-order valence-electron chi connectivity index (χ1n) is 7.57. The van der Waals surface area contributed by atoms with E-state index in [0.717, 1.165) is 0 Å². The van der Waals surface area contributed by atoms with Gasteiger partial charge in [0.15, 0.2) is 0 Å².